The van der Waals surface area contributed by atoms with Crippen molar-refractivity contribution in [3.63, 3.8) is 0 Å². The molecule has 0 N–H and O–H groups in total. The van der Waals surface area contributed by atoms with E-state index < -0.39 is 0 Å². The Kier molecular flexibility index (Phi) is 5.89. The number of carbonyl (C=O) groups excluding carboxylic acids is 1. The molecule has 1 aromatic carbocycles. The van der Waals surface area contributed by atoms with Crippen molar-refractivity contribution in [3.05, 3.63) is 29.8 Å². The van der Waals surface area contributed by atoms with Gasteiger partial charge in [0.2, 0.25) is 0 Å². The number of halogens is 1. The summed E-state index contributed by atoms with van der Waals surface area (Å²) in [6.07, 6.45) is 4.47. The molecule has 20 heavy (non-hydrogen) atoms. The van der Waals surface area contributed by atoms with Crippen molar-refractivity contribution in [3.8, 4) is 5.75 Å². The Bertz CT molecular complexity index is 433. The van der Waals surface area contributed by atoms with E-state index in [-0.39, 0.29) is 5.91 Å². The maximum absolute atomic E-state index is 12.6. The van der Waals surface area contributed by atoms with Crippen LogP contribution in [0.15, 0.2) is 24.3 Å². The van der Waals surface area contributed by atoms with Crippen molar-refractivity contribution in [2.24, 2.45) is 0 Å². The van der Waals surface area contributed by atoms with Gasteiger partial charge in [0.15, 0.2) is 0 Å². The van der Waals surface area contributed by atoms with Gasteiger partial charge in [0, 0.05) is 23.5 Å². The summed E-state index contributed by atoms with van der Waals surface area (Å²) in [4.78, 5) is 14.6. The normalized spacial score (nSPS) is 18.3. The van der Waals surface area contributed by atoms with Gasteiger partial charge in [-0.3, -0.25) is 4.79 Å². The van der Waals surface area contributed by atoms with E-state index in [1.54, 1.807) is 0 Å². The van der Waals surface area contributed by atoms with Crippen LogP contribution in [0.4, 0.5) is 0 Å². The van der Waals surface area contributed by atoms with Gasteiger partial charge in [0.1, 0.15) is 5.75 Å². The van der Waals surface area contributed by atoms with Gasteiger partial charge >= 0.3 is 0 Å². The smallest absolute Gasteiger partial charge is 0.254 e. The second-order valence-corrected chi connectivity index (χ2v) is 5.88. The fourth-order valence-corrected chi connectivity index (χ4v) is 3.07. The summed E-state index contributed by atoms with van der Waals surface area (Å²) in [7, 11) is 0. The Morgan fingerprint density at radius 1 is 1.40 bits per heavy atom. The summed E-state index contributed by atoms with van der Waals surface area (Å²) in [6.45, 7) is 3.49. The van der Waals surface area contributed by atoms with Gasteiger partial charge in [0.25, 0.3) is 5.91 Å². The van der Waals surface area contributed by atoms with Crippen molar-refractivity contribution >= 4 is 21.8 Å². The van der Waals surface area contributed by atoms with E-state index >= 15 is 0 Å². The first-order valence-corrected chi connectivity index (χ1v) is 8.48. The molecule has 0 aliphatic carbocycles. The Hall–Kier alpha value is -1.03. The van der Waals surface area contributed by atoms with Gasteiger partial charge < -0.3 is 9.64 Å². The number of nitrogens with zero attached hydrogens (tertiary/aromatic N) is 1. The number of amides is 1. The zero-order valence-electron chi connectivity index (χ0n) is 12.0. The third kappa shape index (κ3) is 3.75. The highest BCUT2D eigenvalue weighted by molar-refractivity contribution is 9.09. The van der Waals surface area contributed by atoms with Crippen molar-refractivity contribution in [2.75, 3.05) is 18.5 Å². The number of alkyl halides is 1. The molecular weight excluding hydrogens is 318 g/mol. The van der Waals surface area contributed by atoms with Crippen molar-refractivity contribution < 1.29 is 9.53 Å². The number of rotatable bonds is 6. The van der Waals surface area contributed by atoms with Crippen LogP contribution in [0.3, 0.4) is 0 Å². The Labute approximate surface area is 129 Å². The average molecular weight is 340 g/mol. The van der Waals surface area contributed by atoms with Crippen LogP contribution >= 0.6 is 15.9 Å². The molecule has 1 heterocycles. The lowest BCUT2D eigenvalue weighted by atomic mass is 10.1. The van der Waals surface area contributed by atoms with Gasteiger partial charge in [-0.25, -0.2) is 0 Å². The molecule has 1 aromatic rings. The fraction of sp³-hybridized carbons (Fsp3) is 0.562. The van der Waals surface area contributed by atoms with Crippen LogP contribution < -0.4 is 4.74 Å². The van der Waals surface area contributed by atoms with Gasteiger partial charge in [-0.1, -0.05) is 15.9 Å². The molecule has 0 bridgehead atoms. The minimum atomic E-state index is 0.158. The van der Waals surface area contributed by atoms with Crippen LogP contribution in [0.25, 0.3) is 0 Å². The molecule has 2 rings (SSSR count). The Morgan fingerprint density at radius 2 is 2.15 bits per heavy atom. The summed E-state index contributed by atoms with van der Waals surface area (Å²) in [6, 6.07) is 7.90. The third-order valence-corrected chi connectivity index (χ3v) is 4.28. The first-order chi connectivity index (χ1) is 9.76. The number of carbonyl (C=O) groups is 1. The SMILES string of the molecule is CCOc1ccc(C(=O)N2CCCC2CCCBr)cc1. The standard InChI is InChI=1S/C16H22BrNO2/c1-2-20-15-9-7-13(8-10-15)16(19)18-12-4-6-14(18)5-3-11-17/h7-10,14H,2-6,11-12H2,1H3. The monoisotopic (exact) mass is 339 g/mol. The molecule has 0 radical (unpaired) electrons. The van der Waals surface area contributed by atoms with E-state index in [9.17, 15) is 4.79 Å². The van der Waals surface area contributed by atoms with Crippen LogP contribution in [0, 0.1) is 0 Å². The number of hydrogen-bond donors (Lipinski definition) is 0. The van der Waals surface area contributed by atoms with Gasteiger partial charge in [-0.2, -0.15) is 0 Å². The summed E-state index contributed by atoms with van der Waals surface area (Å²) in [5.41, 5.74) is 0.763. The van der Waals surface area contributed by atoms with Crippen LogP contribution in [0.2, 0.25) is 0 Å². The van der Waals surface area contributed by atoms with Crippen LogP contribution in [-0.2, 0) is 0 Å². The predicted molar refractivity (Wildman–Crippen MR) is 84.7 cm³/mol. The topological polar surface area (TPSA) is 29.5 Å². The first-order valence-electron chi connectivity index (χ1n) is 7.36. The number of hydrogen-bond acceptors (Lipinski definition) is 2. The number of likely N-dealkylation sites (tertiary alicyclic amines) is 1. The molecule has 0 spiro atoms. The highest BCUT2D eigenvalue weighted by Crippen LogP contribution is 2.24. The summed E-state index contributed by atoms with van der Waals surface area (Å²) >= 11 is 3.46. The highest BCUT2D eigenvalue weighted by Gasteiger charge is 2.28. The maximum atomic E-state index is 12.6. The predicted octanol–water partition coefficient (Wildman–Crippen LogP) is 3.87. The van der Waals surface area contributed by atoms with E-state index in [1.165, 1.54) is 0 Å². The molecule has 0 aromatic heterocycles. The Balaban J connectivity index is 2.02. The molecule has 4 heteroatoms. The molecule has 1 fully saturated rings. The molecule has 1 aliphatic rings. The zero-order chi connectivity index (χ0) is 14.4. The van der Waals surface area contributed by atoms with Crippen molar-refractivity contribution in [1.29, 1.82) is 0 Å². The molecule has 1 atom stereocenters. The quantitative estimate of drug-likeness (QED) is 0.736. The van der Waals surface area contributed by atoms with E-state index in [0.29, 0.717) is 12.6 Å². The molecule has 3 nitrogen and oxygen atoms in total. The molecule has 1 unspecified atom stereocenters. The highest BCUT2D eigenvalue weighted by atomic mass is 79.9. The minimum absolute atomic E-state index is 0.158. The minimum Gasteiger partial charge on any atom is -0.494 e. The maximum Gasteiger partial charge on any atom is 0.254 e. The van der Waals surface area contributed by atoms with Gasteiger partial charge in [-0.05, 0) is 56.9 Å². The molecule has 1 amide bonds. The average Bonchev–Trinajstić information content (AvgIpc) is 2.94. The molecule has 1 saturated heterocycles. The fourth-order valence-electron chi connectivity index (χ4n) is 2.74. The zero-order valence-corrected chi connectivity index (χ0v) is 13.6. The lowest BCUT2D eigenvalue weighted by Gasteiger charge is -2.24. The van der Waals surface area contributed by atoms with E-state index in [2.05, 4.69) is 15.9 Å². The molecule has 0 saturated carbocycles. The van der Waals surface area contributed by atoms with Crippen molar-refractivity contribution in [1.82, 2.24) is 4.90 Å². The van der Waals surface area contributed by atoms with Crippen molar-refractivity contribution in [2.45, 2.75) is 38.6 Å². The molecule has 110 valence electrons. The number of benzene rings is 1. The summed E-state index contributed by atoms with van der Waals surface area (Å²) in [5.74, 6) is 0.978. The molecular formula is C16H22BrNO2. The lowest BCUT2D eigenvalue weighted by molar-refractivity contribution is 0.0730. The van der Waals surface area contributed by atoms with E-state index in [4.69, 9.17) is 4.74 Å². The summed E-state index contributed by atoms with van der Waals surface area (Å²) < 4.78 is 5.41. The first kappa shape index (κ1) is 15.4. The Morgan fingerprint density at radius 3 is 2.80 bits per heavy atom. The van der Waals surface area contributed by atoms with Gasteiger partial charge in [-0.15, -0.1) is 0 Å². The lowest BCUT2D eigenvalue weighted by Crippen LogP contribution is -2.35. The van der Waals surface area contributed by atoms with Crippen LogP contribution in [0.1, 0.15) is 43.0 Å². The van der Waals surface area contributed by atoms with Crippen LogP contribution in [0.5, 0.6) is 5.75 Å². The van der Waals surface area contributed by atoms with E-state index in [1.807, 2.05) is 36.1 Å². The molecule has 1 aliphatic heterocycles. The van der Waals surface area contributed by atoms with Gasteiger partial charge in [0.05, 0.1) is 6.61 Å². The second-order valence-electron chi connectivity index (χ2n) is 5.08. The largest absolute Gasteiger partial charge is 0.494 e. The third-order valence-electron chi connectivity index (χ3n) is 3.72. The summed E-state index contributed by atoms with van der Waals surface area (Å²) in [5, 5.41) is 1.01. The second kappa shape index (κ2) is 7.67. The van der Waals surface area contributed by atoms with E-state index in [0.717, 1.165) is 48.9 Å². The van der Waals surface area contributed by atoms with Crippen LogP contribution in [-0.4, -0.2) is 35.3 Å². The number of ether oxygens (including phenoxy) is 1.